The Balaban J connectivity index is 1.47. The molecule has 0 saturated carbocycles. The molecule has 1 amide bonds. The van der Waals surface area contributed by atoms with E-state index in [1.54, 1.807) is 30.0 Å². The number of nitrogens with one attached hydrogen (secondary N) is 1. The van der Waals surface area contributed by atoms with Gasteiger partial charge in [0.15, 0.2) is 6.61 Å². The molecular weight excluding hydrogens is 396 g/mol. The van der Waals surface area contributed by atoms with E-state index in [4.69, 9.17) is 16.3 Å². The maximum Gasteiger partial charge on any atom is 0.339 e. The first kappa shape index (κ1) is 20.2. The maximum absolute atomic E-state index is 12.4. The highest BCUT2D eigenvalue weighted by atomic mass is 35.5. The molecule has 0 fully saturated rings. The van der Waals surface area contributed by atoms with E-state index in [-0.39, 0.29) is 17.7 Å². The van der Waals surface area contributed by atoms with Crippen LogP contribution in [0.5, 0.6) is 0 Å². The van der Waals surface area contributed by atoms with Crippen LogP contribution in [0.2, 0.25) is 5.15 Å². The highest BCUT2D eigenvalue weighted by Crippen LogP contribution is 2.21. The van der Waals surface area contributed by atoms with E-state index in [0.717, 1.165) is 10.6 Å². The molecule has 0 atom stereocenters. The Bertz CT molecular complexity index is 993. The van der Waals surface area contributed by atoms with Gasteiger partial charge in [0.05, 0.1) is 11.1 Å². The number of hydrogen-bond donors (Lipinski definition) is 1. The molecule has 0 unspecified atom stereocenters. The smallest absolute Gasteiger partial charge is 0.339 e. The lowest BCUT2D eigenvalue weighted by molar-refractivity contribution is -0.124. The largest absolute Gasteiger partial charge is 0.452 e. The number of hydrogen-bond acceptors (Lipinski definition) is 5. The number of rotatable bonds is 7. The number of carbonyl (C=O) groups excluding carboxylic acids is 2. The Kier molecular flexibility index (Phi) is 6.90. The number of benzene rings is 2. The number of esters is 1. The molecule has 5 nitrogen and oxygen atoms in total. The van der Waals surface area contributed by atoms with Crippen LogP contribution in [0.15, 0.2) is 59.5 Å². The third kappa shape index (κ3) is 5.47. The number of thioether (sulfide) groups is 1. The van der Waals surface area contributed by atoms with E-state index in [0.29, 0.717) is 23.0 Å². The molecule has 3 aromatic rings. The van der Waals surface area contributed by atoms with Gasteiger partial charge in [-0.1, -0.05) is 47.5 Å². The second kappa shape index (κ2) is 9.57. The molecule has 3 rings (SSSR count). The number of para-hydroxylation sites is 1. The van der Waals surface area contributed by atoms with Crippen molar-refractivity contribution in [1.29, 1.82) is 0 Å². The summed E-state index contributed by atoms with van der Waals surface area (Å²) in [5.74, 6) is -0.222. The van der Waals surface area contributed by atoms with Crippen LogP contribution in [0.1, 0.15) is 15.9 Å². The average Bonchev–Trinajstić information content (AvgIpc) is 2.70. The summed E-state index contributed by atoms with van der Waals surface area (Å²) in [4.78, 5) is 29.6. The highest BCUT2D eigenvalue weighted by molar-refractivity contribution is 7.99. The molecule has 1 N–H and O–H groups in total. The van der Waals surface area contributed by atoms with Crippen molar-refractivity contribution in [2.75, 3.05) is 18.9 Å². The van der Waals surface area contributed by atoms with Gasteiger partial charge in [0.1, 0.15) is 5.15 Å². The fraction of sp³-hybridized carbons (Fsp3) is 0.190. The van der Waals surface area contributed by atoms with Crippen LogP contribution in [-0.2, 0) is 9.53 Å². The minimum atomic E-state index is -0.607. The fourth-order valence-corrected chi connectivity index (χ4v) is 3.53. The molecule has 0 aliphatic rings. The van der Waals surface area contributed by atoms with Crippen molar-refractivity contribution in [2.45, 2.75) is 11.8 Å². The fourth-order valence-electron chi connectivity index (χ4n) is 2.57. The first-order valence-electron chi connectivity index (χ1n) is 8.71. The lowest BCUT2D eigenvalue weighted by Gasteiger charge is -2.09. The molecule has 2 aromatic carbocycles. The van der Waals surface area contributed by atoms with Gasteiger partial charge in [-0.3, -0.25) is 4.79 Å². The van der Waals surface area contributed by atoms with Crippen molar-refractivity contribution < 1.29 is 14.3 Å². The first-order chi connectivity index (χ1) is 13.5. The average molecular weight is 415 g/mol. The van der Waals surface area contributed by atoms with E-state index >= 15 is 0 Å². The zero-order valence-corrected chi connectivity index (χ0v) is 16.8. The number of aryl methyl sites for hydroxylation is 1. The Labute approximate surface area is 172 Å². The Morgan fingerprint density at radius 3 is 2.68 bits per heavy atom. The van der Waals surface area contributed by atoms with E-state index < -0.39 is 5.97 Å². The van der Waals surface area contributed by atoms with E-state index in [2.05, 4.69) is 22.4 Å². The Morgan fingerprint density at radius 1 is 1.14 bits per heavy atom. The van der Waals surface area contributed by atoms with Crippen LogP contribution in [-0.4, -0.2) is 35.8 Å². The van der Waals surface area contributed by atoms with E-state index in [9.17, 15) is 9.59 Å². The molecule has 0 saturated heterocycles. The molecule has 28 heavy (non-hydrogen) atoms. The predicted octanol–water partition coefficient (Wildman–Crippen LogP) is 4.26. The van der Waals surface area contributed by atoms with Gasteiger partial charge in [0, 0.05) is 22.6 Å². The first-order valence-corrected chi connectivity index (χ1v) is 10.1. The summed E-state index contributed by atoms with van der Waals surface area (Å²) < 4.78 is 5.14. The molecule has 0 radical (unpaired) electrons. The second-order valence-electron chi connectivity index (χ2n) is 6.10. The van der Waals surface area contributed by atoms with Gasteiger partial charge in [0.2, 0.25) is 0 Å². The minimum Gasteiger partial charge on any atom is -0.452 e. The number of nitrogens with zero attached hydrogens (tertiary/aromatic N) is 1. The number of fused-ring (bicyclic) bond motifs is 1. The number of amides is 1. The quantitative estimate of drug-likeness (QED) is 0.271. The summed E-state index contributed by atoms with van der Waals surface area (Å²) >= 11 is 7.63. The lowest BCUT2D eigenvalue weighted by atomic mass is 10.1. The molecule has 0 aliphatic carbocycles. The number of ether oxygens (including phenoxy) is 1. The third-order valence-electron chi connectivity index (χ3n) is 3.95. The maximum atomic E-state index is 12.4. The van der Waals surface area contributed by atoms with Gasteiger partial charge in [-0.25, -0.2) is 9.78 Å². The molecule has 7 heteroatoms. The zero-order chi connectivity index (χ0) is 19.9. The third-order valence-corrected chi connectivity index (χ3v) is 5.16. The molecule has 1 heterocycles. The number of aromatic nitrogens is 1. The van der Waals surface area contributed by atoms with E-state index in [1.807, 2.05) is 25.1 Å². The number of halogens is 1. The van der Waals surface area contributed by atoms with Crippen molar-refractivity contribution >= 4 is 46.1 Å². The van der Waals surface area contributed by atoms with Crippen molar-refractivity contribution in [3.63, 3.8) is 0 Å². The normalized spacial score (nSPS) is 10.6. The standard InChI is InChI=1S/C21H19ClN2O3S/c1-14-6-8-15(9-7-14)28-11-10-23-20(25)13-27-21(26)17-12-19(22)24-18-5-3-2-4-16(17)18/h2-9,12H,10-11,13H2,1H3,(H,23,25). The van der Waals surface area contributed by atoms with Gasteiger partial charge in [-0.2, -0.15) is 0 Å². The molecule has 1 aromatic heterocycles. The second-order valence-corrected chi connectivity index (χ2v) is 7.65. The van der Waals surface area contributed by atoms with Crippen molar-refractivity contribution in [3.8, 4) is 0 Å². The van der Waals surface area contributed by atoms with Crippen molar-refractivity contribution in [1.82, 2.24) is 10.3 Å². The summed E-state index contributed by atoms with van der Waals surface area (Å²) in [5, 5.41) is 3.57. The minimum absolute atomic E-state index is 0.197. The molecule has 0 bridgehead atoms. The summed E-state index contributed by atoms with van der Waals surface area (Å²) in [7, 11) is 0. The summed E-state index contributed by atoms with van der Waals surface area (Å²) in [5.41, 5.74) is 2.10. The van der Waals surface area contributed by atoms with Gasteiger partial charge < -0.3 is 10.1 Å². The van der Waals surface area contributed by atoms with Crippen LogP contribution in [0.3, 0.4) is 0 Å². The van der Waals surface area contributed by atoms with Crippen molar-refractivity contribution in [2.24, 2.45) is 0 Å². The van der Waals surface area contributed by atoms with Gasteiger partial charge in [-0.05, 0) is 31.2 Å². The van der Waals surface area contributed by atoms with Crippen LogP contribution in [0.4, 0.5) is 0 Å². The van der Waals surface area contributed by atoms with Gasteiger partial charge in [0.25, 0.3) is 5.91 Å². The van der Waals surface area contributed by atoms with Gasteiger partial charge in [-0.15, -0.1) is 11.8 Å². The molecule has 144 valence electrons. The molecule has 0 spiro atoms. The highest BCUT2D eigenvalue weighted by Gasteiger charge is 2.15. The lowest BCUT2D eigenvalue weighted by Crippen LogP contribution is -2.30. The predicted molar refractivity (Wildman–Crippen MR) is 112 cm³/mol. The summed E-state index contributed by atoms with van der Waals surface area (Å²) in [6.45, 7) is 2.18. The monoisotopic (exact) mass is 414 g/mol. The van der Waals surface area contributed by atoms with Crippen LogP contribution in [0.25, 0.3) is 10.9 Å². The number of carbonyl (C=O) groups is 2. The zero-order valence-electron chi connectivity index (χ0n) is 15.3. The topological polar surface area (TPSA) is 68.3 Å². The van der Waals surface area contributed by atoms with E-state index in [1.165, 1.54) is 11.6 Å². The Morgan fingerprint density at radius 2 is 1.89 bits per heavy atom. The van der Waals surface area contributed by atoms with Crippen LogP contribution in [0, 0.1) is 6.92 Å². The Hall–Kier alpha value is -2.57. The molecular formula is C21H19ClN2O3S. The molecule has 0 aliphatic heterocycles. The number of pyridine rings is 1. The van der Waals surface area contributed by atoms with Crippen molar-refractivity contribution in [3.05, 3.63) is 70.9 Å². The van der Waals surface area contributed by atoms with Gasteiger partial charge >= 0.3 is 5.97 Å². The summed E-state index contributed by atoms with van der Waals surface area (Å²) in [6, 6.07) is 16.8. The van der Waals surface area contributed by atoms with Crippen LogP contribution >= 0.6 is 23.4 Å². The van der Waals surface area contributed by atoms with Crippen LogP contribution < -0.4 is 5.32 Å². The summed E-state index contributed by atoms with van der Waals surface area (Å²) in [6.07, 6.45) is 0. The SMILES string of the molecule is Cc1ccc(SCCNC(=O)COC(=O)c2cc(Cl)nc3ccccc23)cc1.